The van der Waals surface area contributed by atoms with Crippen LogP contribution in [0.2, 0.25) is 0 Å². The van der Waals surface area contributed by atoms with Gasteiger partial charge in [0.15, 0.2) is 6.61 Å². The quantitative estimate of drug-likeness (QED) is 0.356. The van der Waals surface area contributed by atoms with Crippen molar-refractivity contribution in [2.75, 3.05) is 19.5 Å². The fraction of sp³-hybridized carbons (Fsp3) is 0.174. The summed E-state index contributed by atoms with van der Waals surface area (Å²) in [4.78, 5) is 62.8. The number of para-hydroxylation sites is 1. The number of nitrogens with zero attached hydrogens (tertiary/aromatic N) is 2. The minimum absolute atomic E-state index is 0.0923. The molecule has 1 aromatic heterocycles. The second-order valence-corrected chi connectivity index (χ2v) is 7.10. The van der Waals surface area contributed by atoms with Gasteiger partial charge in [-0.3, -0.25) is 19.0 Å². The van der Waals surface area contributed by atoms with E-state index in [4.69, 9.17) is 10.5 Å². The standard InChI is InChI=1S/C23H21N3O8/c1-33-18(29)12-26-21(30)19(17(28)13-34-22(31)15-9-5-6-10-16(15)27)20(24)25(23(26)32)11-14-7-3-2-4-8-14/h2-10,27H,11-13,24H2,1H3. The molecule has 0 saturated carbocycles. The molecule has 0 aliphatic carbocycles. The van der Waals surface area contributed by atoms with Gasteiger partial charge in [0.2, 0.25) is 5.78 Å². The lowest BCUT2D eigenvalue weighted by atomic mass is 10.1. The molecule has 0 amide bonds. The fourth-order valence-corrected chi connectivity index (χ4v) is 3.16. The topological polar surface area (TPSA) is 160 Å². The Bertz CT molecular complexity index is 1360. The van der Waals surface area contributed by atoms with E-state index >= 15 is 0 Å². The van der Waals surface area contributed by atoms with E-state index in [0.717, 1.165) is 11.7 Å². The van der Waals surface area contributed by atoms with E-state index in [9.17, 15) is 29.1 Å². The first-order valence-electron chi connectivity index (χ1n) is 9.96. The monoisotopic (exact) mass is 467 g/mol. The van der Waals surface area contributed by atoms with Crippen LogP contribution in [0.15, 0.2) is 64.2 Å². The molecule has 3 aromatic rings. The molecule has 0 bridgehead atoms. The number of hydrogen-bond acceptors (Lipinski definition) is 9. The highest BCUT2D eigenvalue weighted by Crippen LogP contribution is 2.17. The van der Waals surface area contributed by atoms with Crippen molar-refractivity contribution >= 4 is 23.5 Å². The van der Waals surface area contributed by atoms with Gasteiger partial charge in [0.05, 0.1) is 13.7 Å². The summed E-state index contributed by atoms with van der Waals surface area (Å²) >= 11 is 0. The van der Waals surface area contributed by atoms with Crippen LogP contribution >= 0.6 is 0 Å². The first-order chi connectivity index (χ1) is 16.2. The van der Waals surface area contributed by atoms with Crippen LogP contribution in [0.1, 0.15) is 26.3 Å². The van der Waals surface area contributed by atoms with Gasteiger partial charge in [-0.15, -0.1) is 0 Å². The summed E-state index contributed by atoms with van der Waals surface area (Å²) in [5.41, 5.74) is 3.84. The molecule has 0 radical (unpaired) electrons. The predicted molar refractivity (Wildman–Crippen MR) is 120 cm³/mol. The van der Waals surface area contributed by atoms with E-state index in [0.29, 0.717) is 10.1 Å². The number of benzene rings is 2. The van der Waals surface area contributed by atoms with Crippen LogP contribution in [0.5, 0.6) is 5.75 Å². The molecule has 1 heterocycles. The Morgan fingerprint density at radius 3 is 2.26 bits per heavy atom. The lowest BCUT2D eigenvalue weighted by molar-refractivity contribution is -0.141. The Labute approximate surface area is 192 Å². The van der Waals surface area contributed by atoms with Crippen LogP contribution in [-0.2, 0) is 27.4 Å². The normalized spacial score (nSPS) is 10.5. The SMILES string of the molecule is COC(=O)Cn1c(=O)c(C(=O)COC(=O)c2ccccc2O)c(N)n(Cc2ccccc2)c1=O. The zero-order valence-electron chi connectivity index (χ0n) is 18.1. The summed E-state index contributed by atoms with van der Waals surface area (Å²) in [6, 6.07) is 14.2. The van der Waals surface area contributed by atoms with E-state index in [1.165, 1.54) is 24.3 Å². The van der Waals surface area contributed by atoms with Gasteiger partial charge in [-0.05, 0) is 17.7 Å². The number of anilines is 1. The molecule has 2 aromatic carbocycles. The van der Waals surface area contributed by atoms with E-state index in [-0.39, 0.29) is 17.9 Å². The van der Waals surface area contributed by atoms with Crippen LogP contribution in [0, 0.1) is 0 Å². The number of phenols is 1. The maximum atomic E-state index is 12.9. The maximum Gasteiger partial charge on any atom is 0.342 e. The molecule has 11 nitrogen and oxygen atoms in total. The summed E-state index contributed by atoms with van der Waals surface area (Å²) in [6.45, 7) is -1.74. The lowest BCUT2D eigenvalue weighted by Crippen LogP contribution is -2.46. The number of Topliss-reactive ketones (excluding diaryl/α,β-unsaturated/α-hetero) is 1. The van der Waals surface area contributed by atoms with Crippen molar-refractivity contribution in [1.29, 1.82) is 0 Å². The number of aromatic nitrogens is 2. The third-order valence-corrected chi connectivity index (χ3v) is 4.90. The number of esters is 2. The second kappa shape index (κ2) is 10.3. The van der Waals surface area contributed by atoms with E-state index in [1.807, 2.05) is 0 Å². The highest BCUT2D eigenvalue weighted by atomic mass is 16.5. The van der Waals surface area contributed by atoms with E-state index < -0.39 is 53.5 Å². The van der Waals surface area contributed by atoms with Gasteiger partial charge in [0.1, 0.15) is 29.2 Å². The van der Waals surface area contributed by atoms with Crippen molar-refractivity contribution in [2.24, 2.45) is 0 Å². The molecule has 34 heavy (non-hydrogen) atoms. The van der Waals surface area contributed by atoms with Gasteiger partial charge >= 0.3 is 17.6 Å². The van der Waals surface area contributed by atoms with Crippen molar-refractivity contribution in [3.05, 3.63) is 92.1 Å². The summed E-state index contributed by atoms with van der Waals surface area (Å²) in [5.74, 6) is -3.68. The third-order valence-electron chi connectivity index (χ3n) is 4.90. The summed E-state index contributed by atoms with van der Waals surface area (Å²) in [5, 5.41) is 9.76. The molecular weight excluding hydrogens is 446 g/mol. The summed E-state index contributed by atoms with van der Waals surface area (Å²) in [7, 11) is 1.08. The van der Waals surface area contributed by atoms with Gasteiger partial charge in [-0.1, -0.05) is 42.5 Å². The largest absolute Gasteiger partial charge is 0.507 e. The van der Waals surface area contributed by atoms with Gasteiger partial charge in [-0.25, -0.2) is 14.2 Å². The number of rotatable bonds is 8. The molecule has 176 valence electrons. The number of nitrogens with two attached hydrogens (primary N) is 1. The molecule has 0 aliphatic rings. The smallest absolute Gasteiger partial charge is 0.342 e. The Hall–Kier alpha value is -4.67. The number of aromatic hydroxyl groups is 1. The Balaban J connectivity index is 2.00. The van der Waals surface area contributed by atoms with Crippen LogP contribution in [0.3, 0.4) is 0 Å². The van der Waals surface area contributed by atoms with Crippen LogP contribution in [0.4, 0.5) is 5.82 Å². The fourth-order valence-electron chi connectivity index (χ4n) is 3.16. The van der Waals surface area contributed by atoms with Crippen LogP contribution < -0.4 is 17.0 Å². The molecule has 0 aliphatic heterocycles. The Kier molecular flexibility index (Phi) is 7.26. The first kappa shape index (κ1) is 24.0. The van der Waals surface area contributed by atoms with Crippen molar-refractivity contribution < 1.29 is 29.0 Å². The molecule has 3 N–H and O–H groups in total. The number of nitrogen functional groups attached to an aromatic ring is 1. The summed E-state index contributed by atoms with van der Waals surface area (Å²) in [6.07, 6.45) is 0. The number of carbonyl (C=O) groups excluding carboxylic acids is 3. The summed E-state index contributed by atoms with van der Waals surface area (Å²) < 4.78 is 11.0. The van der Waals surface area contributed by atoms with E-state index in [1.54, 1.807) is 30.3 Å². The Morgan fingerprint density at radius 2 is 1.62 bits per heavy atom. The van der Waals surface area contributed by atoms with Gasteiger partial charge in [0, 0.05) is 0 Å². The zero-order chi connectivity index (χ0) is 24.8. The molecule has 0 saturated heterocycles. The first-order valence-corrected chi connectivity index (χ1v) is 9.96. The van der Waals surface area contributed by atoms with E-state index in [2.05, 4.69) is 4.74 Å². The number of carbonyl (C=O) groups is 3. The van der Waals surface area contributed by atoms with Crippen molar-refractivity contribution in [1.82, 2.24) is 9.13 Å². The van der Waals surface area contributed by atoms with Gasteiger partial charge < -0.3 is 20.3 Å². The molecule has 11 heteroatoms. The molecule has 0 atom stereocenters. The number of ketones is 1. The maximum absolute atomic E-state index is 12.9. The lowest BCUT2D eigenvalue weighted by Gasteiger charge is -2.16. The molecular formula is C23H21N3O8. The highest BCUT2D eigenvalue weighted by molar-refractivity contribution is 6.02. The Morgan fingerprint density at radius 1 is 0.971 bits per heavy atom. The van der Waals surface area contributed by atoms with Gasteiger partial charge in [0.25, 0.3) is 5.56 Å². The molecule has 0 fully saturated rings. The number of hydrogen-bond donors (Lipinski definition) is 2. The second-order valence-electron chi connectivity index (χ2n) is 7.10. The zero-order valence-corrected chi connectivity index (χ0v) is 18.1. The van der Waals surface area contributed by atoms with Crippen molar-refractivity contribution in [2.45, 2.75) is 13.1 Å². The predicted octanol–water partition coefficient (Wildman–Crippen LogP) is 0.559. The molecule has 0 spiro atoms. The average molecular weight is 467 g/mol. The van der Waals surface area contributed by atoms with Crippen molar-refractivity contribution in [3.8, 4) is 5.75 Å². The molecule has 3 rings (SSSR count). The minimum Gasteiger partial charge on any atom is -0.507 e. The molecule has 0 unspecified atom stereocenters. The van der Waals surface area contributed by atoms with Crippen LogP contribution in [-0.4, -0.2) is 45.7 Å². The minimum atomic E-state index is -1.12. The number of methoxy groups -OCH3 is 1. The highest BCUT2D eigenvalue weighted by Gasteiger charge is 2.25. The average Bonchev–Trinajstić information content (AvgIpc) is 2.83. The van der Waals surface area contributed by atoms with Gasteiger partial charge in [-0.2, -0.15) is 0 Å². The van der Waals surface area contributed by atoms with Crippen molar-refractivity contribution in [3.63, 3.8) is 0 Å². The number of phenolic OH excluding ortho intramolecular Hbond substituents is 1. The third kappa shape index (κ3) is 5.04. The van der Waals surface area contributed by atoms with Crippen LogP contribution in [0.25, 0.3) is 0 Å². The number of ether oxygens (including phenoxy) is 2.